The van der Waals surface area contributed by atoms with E-state index < -0.39 is 10.0 Å². The van der Waals surface area contributed by atoms with Crippen molar-refractivity contribution < 1.29 is 4.42 Å². The van der Waals surface area contributed by atoms with Gasteiger partial charge in [-0.25, -0.2) is 0 Å². The van der Waals surface area contributed by atoms with Crippen LogP contribution >= 0.6 is 10.0 Å². The van der Waals surface area contributed by atoms with Crippen molar-refractivity contribution in [3.63, 3.8) is 0 Å². The summed E-state index contributed by atoms with van der Waals surface area (Å²) in [6.45, 7) is 0. The number of benzene rings is 9. The van der Waals surface area contributed by atoms with E-state index in [4.69, 9.17) is 4.42 Å². The minimum atomic E-state index is -2.13. The number of rotatable bonds is 6. The Morgan fingerprint density at radius 2 is 0.690 bits per heavy atom. The second-order valence-corrected chi connectivity index (χ2v) is 18.0. The van der Waals surface area contributed by atoms with Gasteiger partial charge in [0.15, 0.2) is 0 Å². The van der Waals surface area contributed by atoms with Crippen LogP contribution in [0.15, 0.2) is 242 Å². The molecule has 0 saturated carbocycles. The molecule has 0 N–H and O–H groups in total. The van der Waals surface area contributed by atoms with Gasteiger partial charge in [-0.3, -0.25) is 0 Å². The normalized spacial score (nSPS) is 12.4. The van der Waals surface area contributed by atoms with E-state index in [9.17, 15) is 0 Å². The summed E-state index contributed by atoms with van der Waals surface area (Å²) < 4.78 is 12.1. The van der Waals surface area contributed by atoms with Crippen LogP contribution in [0.1, 0.15) is 0 Å². The van der Waals surface area contributed by atoms with Crippen LogP contribution in [0.2, 0.25) is 0 Å². The number of para-hydroxylation sites is 4. The smallest absolute Gasteiger partial charge is 0.148 e. The summed E-state index contributed by atoms with van der Waals surface area (Å²) in [5.41, 5.74) is 8.69. The van der Waals surface area contributed by atoms with Crippen molar-refractivity contribution >= 4 is 75.6 Å². The molecule has 0 aliphatic rings. The standard InChI is InChI=1S/C54H36N2OS/c1-4-18-39(19-5-1)58(40-20-6-2-7-21-40,41-22-8-3-9-23-41)53-36-38(56-50-30-16-12-26-44(50)45-27-13-17-31-51(45)56)35-47-46-34-37(32-33-52(46)57-54(47)53)55-48-28-14-10-24-42(48)43-25-11-15-29-49(43)55/h1-36H. The summed E-state index contributed by atoms with van der Waals surface area (Å²) in [5.74, 6) is 0. The van der Waals surface area contributed by atoms with Crippen molar-refractivity contribution in [3.8, 4) is 11.4 Å². The number of aromatic nitrogens is 2. The molecule has 3 nitrogen and oxygen atoms in total. The SMILES string of the molecule is c1ccc(S(c2ccccc2)(c2ccccc2)c2cc(-n3c4ccccc4c4ccccc43)cc3c2oc2ccc(-n4c5ccccc5c5ccccc54)cc23)cc1. The molecular weight excluding hydrogens is 725 g/mol. The molecule has 0 amide bonds. The van der Waals surface area contributed by atoms with E-state index in [-0.39, 0.29) is 0 Å². The fourth-order valence-electron chi connectivity index (χ4n) is 9.38. The highest BCUT2D eigenvalue weighted by Gasteiger charge is 2.37. The Bertz CT molecular complexity index is 3300. The molecular formula is C54H36N2OS. The molecule has 58 heavy (non-hydrogen) atoms. The van der Waals surface area contributed by atoms with Crippen molar-refractivity contribution in [1.82, 2.24) is 9.13 Å². The molecule has 0 unspecified atom stereocenters. The second kappa shape index (κ2) is 12.9. The van der Waals surface area contributed by atoms with Crippen molar-refractivity contribution in [2.45, 2.75) is 19.6 Å². The first-order valence-corrected chi connectivity index (χ1v) is 21.4. The molecule has 0 bridgehead atoms. The zero-order valence-corrected chi connectivity index (χ0v) is 32.3. The van der Waals surface area contributed by atoms with Gasteiger partial charge in [0.25, 0.3) is 0 Å². The molecule has 9 aromatic carbocycles. The van der Waals surface area contributed by atoms with E-state index in [1.807, 2.05) is 0 Å². The third kappa shape index (κ3) is 4.70. The number of hydrogen-bond donors (Lipinski definition) is 0. The maximum absolute atomic E-state index is 7.25. The van der Waals surface area contributed by atoms with Crippen LogP contribution in [0.3, 0.4) is 0 Å². The minimum Gasteiger partial charge on any atom is -0.455 e. The average Bonchev–Trinajstić information content (AvgIpc) is 3.95. The van der Waals surface area contributed by atoms with Crippen LogP contribution in [-0.4, -0.2) is 9.13 Å². The number of nitrogens with zero attached hydrogens (tertiary/aromatic N) is 2. The van der Waals surface area contributed by atoms with E-state index in [0.29, 0.717) is 0 Å². The zero-order valence-electron chi connectivity index (χ0n) is 31.5. The highest BCUT2D eigenvalue weighted by molar-refractivity contribution is 8.34. The highest BCUT2D eigenvalue weighted by atomic mass is 32.3. The van der Waals surface area contributed by atoms with Gasteiger partial charge in [0.05, 0.1) is 22.1 Å². The first-order chi connectivity index (χ1) is 28.8. The Morgan fingerprint density at radius 1 is 0.310 bits per heavy atom. The van der Waals surface area contributed by atoms with Gasteiger partial charge in [-0.2, -0.15) is 0 Å². The van der Waals surface area contributed by atoms with E-state index in [1.54, 1.807) is 0 Å². The van der Waals surface area contributed by atoms with Crippen LogP contribution < -0.4 is 0 Å². The molecule has 4 heteroatoms. The number of hydrogen-bond acceptors (Lipinski definition) is 1. The second-order valence-electron chi connectivity index (χ2n) is 14.9. The van der Waals surface area contributed by atoms with E-state index in [0.717, 1.165) is 33.3 Å². The first kappa shape index (κ1) is 32.9. The predicted molar refractivity (Wildman–Crippen MR) is 242 cm³/mol. The number of furan rings is 1. The Balaban J connectivity index is 1.26. The van der Waals surface area contributed by atoms with Crippen molar-refractivity contribution in [1.29, 1.82) is 0 Å². The third-order valence-electron chi connectivity index (χ3n) is 11.8. The lowest BCUT2D eigenvalue weighted by atomic mass is 10.1. The van der Waals surface area contributed by atoms with Gasteiger partial charge in [-0.05, 0) is 91.0 Å². The fraction of sp³-hybridized carbons (Fsp3) is 0. The summed E-state index contributed by atoms with van der Waals surface area (Å²) in [5, 5.41) is 7.13. The topological polar surface area (TPSA) is 23.0 Å². The summed E-state index contributed by atoms with van der Waals surface area (Å²) in [4.78, 5) is 4.92. The van der Waals surface area contributed by atoms with Gasteiger partial charge in [0.1, 0.15) is 11.2 Å². The van der Waals surface area contributed by atoms with Gasteiger partial charge < -0.3 is 13.6 Å². The lowest BCUT2D eigenvalue weighted by Crippen LogP contribution is -2.06. The van der Waals surface area contributed by atoms with E-state index in [1.165, 1.54) is 63.2 Å². The average molecular weight is 761 g/mol. The van der Waals surface area contributed by atoms with E-state index >= 15 is 0 Å². The molecule has 0 saturated heterocycles. The maximum Gasteiger partial charge on any atom is 0.148 e. The maximum atomic E-state index is 7.25. The molecule has 0 fully saturated rings. The lowest BCUT2D eigenvalue weighted by molar-refractivity contribution is 0.659. The Hall–Kier alpha value is -7.27. The molecule has 0 spiro atoms. The summed E-state index contributed by atoms with van der Waals surface area (Å²) in [6, 6.07) is 79.7. The molecule has 274 valence electrons. The highest BCUT2D eigenvalue weighted by Crippen LogP contribution is 2.75. The largest absolute Gasteiger partial charge is 0.455 e. The molecule has 12 aromatic rings. The molecule has 0 aliphatic carbocycles. The molecule has 0 atom stereocenters. The van der Waals surface area contributed by atoms with Gasteiger partial charge in [-0.1, -0.05) is 127 Å². The predicted octanol–water partition coefficient (Wildman–Crippen LogP) is 15.1. The number of fused-ring (bicyclic) bond motifs is 9. The van der Waals surface area contributed by atoms with Crippen LogP contribution in [0, 0.1) is 0 Å². The molecule has 3 aromatic heterocycles. The monoisotopic (exact) mass is 760 g/mol. The van der Waals surface area contributed by atoms with Crippen LogP contribution in [0.25, 0.3) is 76.9 Å². The van der Waals surface area contributed by atoms with Crippen LogP contribution in [-0.2, 0) is 0 Å². The van der Waals surface area contributed by atoms with Gasteiger partial charge >= 0.3 is 0 Å². The Morgan fingerprint density at radius 3 is 1.14 bits per heavy atom. The fourth-order valence-corrected chi connectivity index (χ4v) is 13.4. The third-order valence-corrected chi connectivity index (χ3v) is 15.7. The summed E-state index contributed by atoms with van der Waals surface area (Å²) in [6.07, 6.45) is 0. The molecule has 0 radical (unpaired) electrons. The zero-order chi connectivity index (χ0) is 38.2. The van der Waals surface area contributed by atoms with Gasteiger partial charge in [0, 0.05) is 63.3 Å². The quantitative estimate of drug-likeness (QED) is 0.166. The van der Waals surface area contributed by atoms with Crippen molar-refractivity contribution in [2.24, 2.45) is 0 Å². The first-order valence-electron chi connectivity index (χ1n) is 19.8. The Kier molecular flexibility index (Phi) is 7.31. The van der Waals surface area contributed by atoms with Crippen molar-refractivity contribution in [3.05, 3.63) is 218 Å². The van der Waals surface area contributed by atoms with Crippen LogP contribution in [0.4, 0.5) is 0 Å². The Labute approximate surface area is 336 Å². The van der Waals surface area contributed by atoms with Gasteiger partial charge in [-0.15, -0.1) is 10.0 Å². The molecule has 3 heterocycles. The van der Waals surface area contributed by atoms with Crippen molar-refractivity contribution in [2.75, 3.05) is 0 Å². The molecule has 0 aliphatic heterocycles. The summed E-state index contributed by atoms with van der Waals surface area (Å²) in [7, 11) is -2.13. The van der Waals surface area contributed by atoms with Gasteiger partial charge in [0.2, 0.25) is 0 Å². The summed E-state index contributed by atoms with van der Waals surface area (Å²) >= 11 is 0. The molecule has 12 rings (SSSR count). The van der Waals surface area contributed by atoms with E-state index in [2.05, 4.69) is 228 Å². The van der Waals surface area contributed by atoms with Crippen LogP contribution in [0.5, 0.6) is 0 Å². The lowest BCUT2D eigenvalue weighted by Gasteiger charge is -2.42. The minimum absolute atomic E-state index is 0.864.